The number of hydrogen-bond donors (Lipinski definition) is 1. The molecule has 0 aliphatic carbocycles. The van der Waals surface area contributed by atoms with Crippen LogP contribution in [0.25, 0.3) is 0 Å². The van der Waals surface area contributed by atoms with Gasteiger partial charge < -0.3 is 25.1 Å². The highest BCUT2D eigenvalue weighted by Crippen LogP contribution is 2.28. The number of methoxy groups -OCH3 is 2. The summed E-state index contributed by atoms with van der Waals surface area (Å²) in [6.07, 6.45) is 0.381. The number of rotatable bonds is 6. The second kappa shape index (κ2) is 6.10. The van der Waals surface area contributed by atoms with E-state index in [1.807, 2.05) is 6.07 Å². The molecule has 0 saturated carbocycles. The Kier molecular flexibility index (Phi) is 4.78. The van der Waals surface area contributed by atoms with E-state index < -0.39 is 11.9 Å². The third kappa shape index (κ3) is 3.35. The molecule has 0 aliphatic heterocycles. The molecule has 5 heteroatoms. The monoisotopic (exact) mass is 239 g/mol. The lowest BCUT2D eigenvalue weighted by molar-refractivity contribution is -0.387. The van der Waals surface area contributed by atoms with E-state index in [-0.39, 0.29) is 0 Å². The number of hydrogen-bond acceptors (Lipinski definition) is 4. The van der Waals surface area contributed by atoms with Crippen LogP contribution >= 0.6 is 0 Å². The molecule has 0 heterocycles. The highest BCUT2D eigenvalue weighted by molar-refractivity contribution is 5.68. The fourth-order valence-electron chi connectivity index (χ4n) is 1.60. The largest absolute Gasteiger partial charge is 0.550 e. The van der Waals surface area contributed by atoms with Gasteiger partial charge in [0.2, 0.25) is 0 Å². The molecule has 0 unspecified atom stereocenters. The molecule has 0 saturated heterocycles. The predicted molar refractivity (Wildman–Crippen MR) is 59.5 cm³/mol. The fraction of sp³-hybridized carbons (Fsp3) is 0.417. The van der Waals surface area contributed by atoms with Crippen LogP contribution in [-0.4, -0.2) is 26.7 Å². The van der Waals surface area contributed by atoms with Gasteiger partial charge in [0.25, 0.3) is 0 Å². The molecule has 1 rings (SSSR count). The molecule has 0 spiro atoms. The summed E-state index contributed by atoms with van der Waals surface area (Å²) in [5, 5.41) is 10.8. The van der Waals surface area contributed by atoms with E-state index in [0.717, 1.165) is 5.56 Å². The average molecular weight is 239 g/mol. The lowest BCUT2D eigenvalue weighted by Gasteiger charge is -2.15. The van der Waals surface area contributed by atoms with Crippen molar-refractivity contribution in [3.63, 3.8) is 0 Å². The van der Waals surface area contributed by atoms with Crippen molar-refractivity contribution in [2.75, 3.05) is 20.8 Å². The molecule has 0 fully saturated rings. The lowest BCUT2D eigenvalue weighted by atomic mass is 9.99. The Labute approximate surface area is 100 Å². The van der Waals surface area contributed by atoms with Crippen molar-refractivity contribution in [1.82, 2.24) is 0 Å². The number of carboxylic acids is 1. The van der Waals surface area contributed by atoms with Crippen LogP contribution in [0.2, 0.25) is 0 Å². The summed E-state index contributed by atoms with van der Waals surface area (Å²) in [4.78, 5) is 10.8. The fourth-order valence-corrected chi connectivity index (χ4v) is 1.60. The second-order valence-electron chi connectivity index (χ2n) is 3.70. The van der Waals surface area contributed by atoms with Crippen molar-refractivity contribution in [3.8, 4) is 11.5 Å². The first-order chi connectivity index (χ1) is 8.12. The quantitative estimate of drug-likeness (QED) is 0.679. The van der Waals surface area contributed by atoms with Crippen molar-refractivity contribution in [2.24, 2.45) is 5.92 Å². The van der Waals surface area contributed by atoms with Gasteiger partial charge in [-0.25, -0.2) is 0 Å². The summed E-state index contributed by atoms with van der Waals surface area (Å²) >= 11 is 0. The standard InChI is InChI=1S/C12H17NO4/c1-16-10-4-3-8(6-11(10)17-2)5-9(7-13)12(14)15/h3-4,6,9H,5,7,13H2,1-2H3,(H,14,15)/t9-/m1/s1. The molecule has 0 aromatic heterocycles. The Bertz CT molecular complexity index is 392. The Morgan fingerprint density at radius 3 is 2.47 bits per heavy atom. The molecule has 1 atom stereocenters. The summed E-state index contributed by atoms with van der Waals surface area (Å²) in [6.45, 7) is 0.302. The number of ether oxygens (including phenoxy) is 2. The summed E-state index contributed by atoms with van der Waals surface area (Å²) < 4.78 is 10.3. The summed E-state index contributed by atoms with van der Waals surface area (Å²) in [6, 6.07) is 5.33. The van der Waals surface area contributed by atoms with E-state index in [9.17, 15) is 9.90 Å². The number of quaternary nitrogens is 1. The smallest absolute Gasteiger partial charge is 0.160 e. The predicted octanol–water partition coefficient (Wildman–Crippen LogP) is -1.15. The Balaban J connectivity index is 2.88. The maximum Gasteiger partial charge on any atom is 0.160 e. The van der Waals surface area contributed by atoms with Gasteiger partial charge in [-0.15, -0.1) is 0 Å². The molecule has 0 amide bonds. The zero-order valence-corrected chi connectivity index (χ0v) is 10.1. The van der Waals surface area contributed by atoms with Gasteiger partial charge in [0.15, 0.2) is 11.5 Å². The maximum atomic E-state index is 10.8. The van der Waals surface area contributed by atoms with Gasteiger partial charge >= 0.3 is 0 Å². The van der Waals surface area contributed by atoms with Crippen LogP contribution in [0.15, 0.2) is 18.2 Å². The van der Waals surface area contributed by atoms with Gasteiger partial charge in [-0.3, -0.25) is 0 Å². The third-order valence-electron chi connectivity index (χ3n) is 2.61. The van der Waals surface area contributed by atoms with Crippen LogP contribution in [0.1, 0.15) is 5.56 Å². The van der Waals surface area contributed by atoms with Gasteiger partial charge in [0.1, 0.15) is 0 Å². The van der Waals surface area contributed by atoms with Crippen molar-refractivity contribution >= 4 is 5.97 Å². The second-order valence-corrected chi connectivity index (χ2v) is 3.70. The van der Waals surface area contributed by atoms with Gasteiger partial charge in [0, 0.05) is 0 Å². The minimum absolute atomic E-state index is 0.302. The summed E-state index contributed by atoms with van der Waals surface area (Å²) in [7, 11) is 3.09. The first kappa shape index (κ1) is 13.3. The molecule has 3 N–H and O–H groups in total. The van der Waals surface area contributed by atoms with Crippen LogP contribution in [0.4, 0.5) is 0 Å². The molecular formula is C12H17NO4. The van der Waals surface area contributed by atoms with Crippen molar-refractivity contribution in [2.45, 2.75) is 6.42 Å². The van der Waals surface area contributed by atoms with Crippen LogP contribution in [0, 0.1) is 5.92 Å². The molecule has 5 nitrogen and oxygen atoms in total. The maximum absolute atomic E-state index is 10.8. The number of benzene rings is 1. The molecule has 0 radical (unpaired) electrons. The normalized spacial score (nSPS) is 11.9. The van der Waals surface area contributed by atoms with Crippen LogP contribution in [-0.2, 0) is 11.2 Å². The molecule has 1 aromatic rings. The topological polar surface area (TPSA) is 86.2 Å². The van der Waals surface area contributed by atoms with Gasteiger partial charge in [-0.05, 0) is 24.1 Å². The summed E-state index contributed by atoms with van der Waals surface area (Å²) in [5.41, 5.74) is 4.46. The van der Waals surface area contributed by atoms with Crippen molar-refractivity contribution in [1.29, 1.82) is 0 Å². The minimum atomic E-state index is -1.07. The Morgan fingerprint density at radius 2 is 2.00 bits per heavy atom. The van der Waals surface area contributed by atoms with E-state index in [2.05, 4.69) is 5.73 Å². The highest BCUT2D eigenvalue weighted by Gasteiger charge is 2.12. The minimum Gasteiger partial charge on any atom is -0.550 e. The number of carboxylic acid groups (broad SMARTS) is 1. The van der Waals surface area contributed by atoms with Crippen molar-refractivity contribution in [3.05, 3.63) is 23.8 Å². The van der Waals surface area contributed by atoms with Gasteiger partial charge in [0.05, 0.1) is 32.7 Å². The molecule has 94 valence electrons. The van der Waals surface area contributed by atoms with E-state index >= 15 is 0 Å². The van der Waals surface area contributed by atoms with E-state index in [0.29, 0.717) is 24.5 Å². The van der Waals surface area contributed by atoms with Crippen molar-refractivity contribution < 1.29 is 25.1 Å². The van der Waals surface area contributed by atoms with Crippen LogP contribution in [0.3, 0.4) is 0 Å². The molecule has 0 aliphatic rings. The first-order valence-electron chi connectivity index (χ1n) is 5.33. The SMILES string of the molecule is COc1ccc(C[C@H](C[NH3+])C(=O)[O-])cc1OC. The van der Waals surface area contributed by atoms with E-state index in [4.69, 9.17) is 9.47 Å². The molecule has 1 aromatic carbocycles. The molecular weight excluding hydrogens is 222 g/mol. The Morgan fingerprint density at radius 1 is 1.35 bits per heavy atom. The zero-order chi connectivity index (χ0) is 12.8. The van der Waals surface area contributed by atoms with Crippen LogP contribution < -0.4 is 20.3 Å². The summed E-state index contributed by atoms with van der Waals surface area (Å²) in [5.74, 6) is -0.440. The average Bonchev–Trinajstić information content (AvgIpc) is 2.35. The van der Waals surface area contributed by atoms with E-state index in [1.54, 1.807) is 26.4 Å². The van der Waals surface area contributed by atoms with E-state index in [1.165, 1.54) is 0 Å². The Hall–Kier alpha value is -1.75. The molecule has 0 bridgehead atoms. The molecule has 17 heavy (non-hydrogen) atoms. The van der Waals surface area contributed by atoms with Gasteiger partial charge in [-0.1, -0.05) is 6.07 Å². The number of carbonyl (C=O) groups excluding carboxylic acids is 1. The van der Waals surface area contributed by atoms with Crippen LogP contribution in [0.5, 0.6) is 11.5 Å². The highest BCUT2D eigenvalue weighted by atomic mass is 16.5. The number of aliphatic carboxylic acids is 1. The third-order valence-corrected chi connectivity index (χ3v) is 2.61. The lowest BCUT2D eigenvalue weighted by Crippen LogP contribution is -2.57. The zero-order valence-electron chi connectivity index (χ0n) is 10.1. The number of carbonyl (C=O) groups is 1. The van der Waals surface area contributed by atoms with Gasteiger partial charge in [-0.2, -0.15) is 0 Å². The first-order valence-corrected chi connectivity index (χ1v) is 5.33.